The van der Waals surface area contributed by atoms with Crippen LogP contribution in [0, 0.1) is 12.7 Å². The highest BCUT2D eigenvalue weighted by Crippen LogP contribution is 2.47. The molecule has 7 nitrogen and oxygen atoms in total. The van der Waals surface area contributed by atoms with Crippen molar-refractivity contribution in [2.24, 2.45) is 5.73 Å². The van der Waals surface area contributed by atoms with Gasteiger partial charge in [-0.25, -0.2) is 4.39 Å². The minimum absolute atomic E-state index is 0.0208. The van der Waals surface area contributed by atoms with E-state index in [1.54, 1.807) is 27.2 Å². The van der Waals surface area contributed by atoms with Crippen LogP contribution in [-0.4, -0.2) is 61.9 Å². The van der Waals surface area contributed by atoms with Crippen LogP contribution in [-0.2, 0) is 11.2 Å². The molecule has 0 aromatic heterocycles. The molecule has 4 aromatic rings. The van der Waals surface area contributed by atoms with Crippen LogP contribution >= 0.6 is 0 Å². The lowest BCUT2D eigenvalue weighted by Gasteiger charge is -2.33. The number of nitrogens with two attached hydrogens (primary N) is 1. The van der Waals surface area contributed by atoms with Crippen molar-refractivity contribution in [1.82, 2.24) is 4.90 Å². The number of methoxy groups -OCH3 is 2. The molecule has 0 bridgehead atoms. The first-order valence-corrected chi connectivity index (χ1v) is 15.7. The van der Waals surface area contributed by atoms with Gasteiger partial charge in [-0.2, -0.15) is 13.2 Å². The molecule has 4 aromatic carbocycles. The number of carboxylic acids is 1. The number of aryl methyl sites for hydroxylation is 2. The van der Waals surface area contributed by atoms with Gasteiger partial charge < -0.3 is 25.2 Å². The van der Waals surface area contributed by atoms with E-state index in [4.69, 9.17) is 20.3 Å². The summed E-state index contributed by atoms with van der Waals surface area (Å²) in [5, 5.41) is 11.1. The average molecular weight is 669 g/mol. The number of carbonyl (C=O) groups is 2. The average Bonchev–Trinajstić information content (AvgIpc) is 3.05. The number of piperidine rings is 1. The summed E-state index contributed by atoms with van der Waals surface area (Å²) in [7, 11) is 3.24. The van der Waals surface area contributed by atoms with Crippen molar-refractivity contribution in [2.75, 3.05) is 33.9 Å². The van der Waals surface area contributed by atoms with Gasteiger partial charge in [-0.1, -0.05) is 54.6 Å². The van der Waals surface area contributed by atoms with Crippen molar-refractivity contribution in [3.8, 4) is 22.6 Å². The van der Waals surface area contributed by atoms with Crippen molar-refractivity contribution >= 4 is 22.6 Å². The van der Waals surface area contributed by atoms with E-state index in [2.05, 4.69) is 0 Å². The lowest BCUT2D eigenvalue weighted by molar-refractivity contribution is -0.138. The maximum atomic E-state index is 12.8. The topological polar surface area (TPSA) is 102 Å². The van der Waals surface area contributed by atoms with Gasteiger partial charge in [0, 0.05) is 13.0 Å². The Morgan fingerprint density at radius 3 is 2.19 bits per heavy atom. The van der Waals surface area contributed by atoms with Crippen LogP contribution in [0.15, 0.2) is 66.7 Å². The van der Waals surface area contributed by atoms with Crippen LogP contribution < -0.4 is 15.2 Å². The minimum Gasteiger partial charge on any atom is -0.496 e. The van der Waals surface area contributed by atoms with E-state index in [0.29, 0.717) is 36.6 Å². The van der Waals surface area contributed by atoms with Crippen LogP contribution in [0.1, 0.15) is 58.6 Å². The van der Waals surface area contributed by atoms with Crippen LogP contribution in [0.3, 0.4) is 0 Å². The normalized spacial score (nSPS) is 13.9. The van der Waals surface area contributed by atoms with Gasteiger partial charge in [0.1, 0.15) is 17.3 Å². The molecule has 11 heteroatoms. The molecule has 5 rings (SSSR count). The van der Waals surface area contributed by atoms with Crippen molar-refractivity contribution in [3.63, 3.8) is 0 Å². The Morgan fingerprint density at radius 1 is 0.938 bits per heavy atom. The van der Waals surface area contributed by atoms with Crippen molar-refractivity contribution in [3.05, 3.63) is 94.8 Å². The second kappa shape index (κ2) is 16.0. The van der Waals surface area contributed by atoms with Gasteiger partial charge in [0.15, 0.2) is 0 Å². The quantitative estimate of drug-likeness (QED) is 0.167. The number of rotatable bonds is 10. The Hall–Kier alpha value is -4.64. The fourth-order valence-corrected chi connectivity index (χ4v) is 6.30. The van der Waals surface area contributed by atoms with Gasteiger partial charge in [-0.3, -0.25) is 9.59 Å². The first-order chi connectivity index (χ1) is 22.8. The molecule has 0 radical (unpaired) electrons. The molecule has 0 aliphatic carbocycles. The highest BCUT2D eigenvalue weighted by molar-refractivity contribution is 6.01. The zero-order valence-electron chi connectivity index (χ0n) is 27.2. The van der Waals surface area contributed by atoms with Gasteiger partial charge in [-0.15, -0.1) is 0 Å². The number of primary amides is 1. The van der Waals surface area contributed by atoms with Crippen LogP contribution in [0.4, 0.5) is 17.6 Å². The Morgan fingerprint density at radius 2 is 1.60 bits per heavy atom. The van der Waals surface area contributed by atoms with Gasteiger partial charge in [0.25, 0.3) is 5.91 Å². The van der Waals surface area contributed by atoms with E-state index in [1.807, 2.05) is 53.4 Å². The molecule has 0 spiro atoms. The number of carbonyl (C=O) groups excluding carboxylic acids is 1. The van der Waals surface area contributed by atoms with E-state index < -0.39 is 30.3 Å². The summed E-state index contributed by atoms with van der Waals surface area (Å²) >= 11 is 0. The standard InChI is InChI=1S/C29H32F3NO4.C8H8FNO/c1-36-25-11-10-22(20-13-16-33(17-14-20)18-15-29(30,31)32)28(37-2)27(25)24-8-4-6-21-19(9-12-26(34)35)5-3-7-23(21)24;1-5-3-2-4-6(9)7(5)8(10)11/h3-8,10-11,20H,9,12-18H2,1-2H3,(H,34,35);2-4H,1H3,(H2,10,11). The van der Waals surface area contributed by atoms with Gasteiger partial charge in [0.2, 0.25) is 0 Å². The lowest BCUT2D eigenvalue weighted by Crippen LogP contribution is -2.35. The molecule has 1 fully saturated rings. The summed E-state index contributed by atoms with van der Waals surface area (Å²) in [6.07, 6.45) is -2.96. The first-order valence-electron chi connectivity index (χ1n) is 15.7. The Bertz CT molecular complexity index is 1730. The van der Waals surface area contributed by atoms with Crippen LogP contribution in [0.5, 0.6) is 11.5 Å². The molecule has 0 saturated carbocycles. The number of hydrogen-bond donors (Lipinski definition) is 2. The molecular weight excluding hydrogens is 628 g/mol. The molecule has 1 heterocycles. The molecule has 48 heavy (non-hydrogen) atoms. The number of ether oxygens (including phenoxy) is 2. The van der Waals surface area contributed by atoms with E-state index in [9.17, 15) is 27.2 Å². The van der Waals surface area contributed by atoms with Crippen molar-refractivity contribution in [2.45, 2.75) is 51.1 Å². The highest BCUT2D eigenvalue weighted by Gasteiger charge is 2.31. The number of alkyl halides is 3. The Kier molecular flexibility index (Phi) is 12.0. The van der Waals surface area contributed by atoms with E-state index in [-0.39, 0.29) is 24.4 Å². The number of amides is 1. The molecule has 0 unspecified atom stereocenters. The van der Waals surface area contributed by atoms with Crippen LogP contribution in [0.2, 0.25) is 0 Å². The third kappa shape index (κ3) is 8.83. The van der Waals surface area contributed by atoms with E-state index >= 15 is 0 Å². The number of nitrogens with zero attached hydrogens (tertiary/aromatic N) is 1. The summed E-state index contributed by atoms with van der Waals surface area (Å²) in [5.41, 5.74) is 9.21. The largest absolute Gasteiger partial charge is 0.496 e. The third-order valence-corrected chi connectivity index (χ3v) is 8.67. The van der Waals surface area contributed by atoms with Crippen molar-refractivity contribution in [1.29, 1.82) is 0 Å². The number of carboxylic acid groups (broad SMARTS) is 1. The lowest BCUT2D eigenvalue weighted by atomic mass is 9.85. The summed E-state index contributed by atoms with van der Waals surface area (Å²) in [6, 6.07) is 20.2. The van der Waals surface area contributed by atoms with E-state index in [1.165, 1.54) is 12.1 Å². The number of fused-ring (bicyclic) bond motifs is 1. The summed E-state index contributed by atoms with van der Waals surface area (Å²) in [5.74, 6) is -0.599. The molecule has 1 aliphatic rings. The predicted molar refractivity (Wildman–Crippen MR) is 177 cm³/mol. The zero-order valence-corrected chi connectivity index (χ0v) is 27.2. The van der Waals surface area contributed by atoms with E-state index in [0.717, 1.165) is 45.9 Å². The smallest absolute Gasteiger partial charge is 0.390 e. The highest BCUT2D eigenvalue weighted by atomic mass is 19.4. The Labute approximate surface area is 277 Å². The van der Waals surface area contributed by atoms with Gasteiger partial charge >= 0.3 is 12.1 Å². The van der Waals surface area contributed by atoms with Gasteiger partial charge in [-0.05, 0) is 90.4 Å². The fourth-order valence-electron chi connectivity index (χ4n) is 6.30. The molecule has 1 aliphatic heterocycles. The number of halogens is 4. The number of likely N-dealkylation sites (tertiary alicyclic amines) is 1. The molecule has 0 atom stereocenters. The fraction of sp³-hybridized carbons (Fsp3) is 0.351. The second-order valence-electron chi connectivity index (χ2n) is 11.8. The Balaban J connectivity index is 0.000000401. The zero-order chi connectivity index (χ0) is 35.0. The molecule has 256 valence electrons. The molecule has 1 amide bonds. The monoisotopic (exact) mass is 668 g/mol. The maximum absolute atomic E-state index is 12.8. The molecular formula is C37H40F4N2O5. The third-order valence-electron chi connectivity index (χ3n) is 8.67. The first kappa shape index (κ1) is 36.2. The van der Waals surface area contributed by atoms with Gasteiger partial charge in [0.05, 0.1) is 31.8 Å². The second-order valence-corrected chi connectivity index (χ2v) is 11.8. The van der Waals surface area contributed by atoms with Crippen molar-refractivity contribution < 1.29 is 41.7 Å². The van der Waals surface area contributed by atoms with Crippen LogP contribution in [0.25, 0.3) is 21.9 Å². The molecule has 3 N–H and O–H groups in total. The number of benzene rings is 4. The number of hydrogen-bond acceptors (Lipinski definition) is 5. The maximum Gasteiger partial charge on any atom is 0.390 e. The minimum atomic E-state index is -4.14. The predicted octanol–water partition coefficient (Wildman–Crippen LogP) is 7.91. The SMILES string of the molecule is COc1ccc(C2CCN(CCC(F)(F)F)CC2)c(OC)c1-c1cccc2c(CCC(=O)O)cccc12.Cc1cccc(F)c1C(N)=O. The summed E-state index contributed by atoms with van der Waals surface area (Å²) in [6.45, 7) is 2.88. The summed E-state index contributed by atoms with van der Waals surface area (Å²) < 4.78 is 62.5. The number of aliphatic carboxylic acids is 1. The summed E-state index contributed by atoms with van der Waals surface area (Å²) in [4.78, 5) is 23.7. The molecule has 1 saturated heterocycles.